The van der Waals surface area contributed by atoms with E-state index in [-0.39, 0.29) is 11.8 Å². The van der Waals surface area contributed by atoms with Crippen molar-refractivity contribution < 1.29 is 14.3 Å². The molecule has 0 bridgehead atoms. The molecule has 4 aromatic carbocycles. The molecule has 0 aliphatic carbocycles. The monoisotopic (exact) mass is 588 g/mol. The Balaban J connectivity index is 1.27. The summed E-state index contributed by atoms with van der Waals surface area (Å²) in [5.74, 6) is 0.301. The van der Waals surface area contributed by atoms with Crippen molar-refractivity contribution in [2.75, 3.05) is 61.5 Å². The third-order valence-corrected chi connectivity index (χ3v) is 8.71. The molecule has 2 aliphatic heterocycles. The summed E-state index contributed by atoms with van der Waals surface area (Å²) in [6, 6.07) is 33.6. The van der Waals surface area contributed by atoms with Gasteiger partial charge in [0.15, 0.2) is 0 Å². The highest BCUT2D eigenvalue weighted by molar-refractivity contribution is 6.03. The first kappa shape index (κ1) is 29.3. The number of rotatable bonds is 8. The maximum Gasteiger partial charge on any atom is 0.256 e. The number of anilines is 3. The number of likely N-dealkylation sites (tertiary alicyclic amines) is 1. The van der Waals surface area contributed by atoms with Crippen LogP contribution in [-0.2, 0) is 4.79 Å². The average molecular weight is 589 g/mol. The van der Waals surface area contributed by atoms with Crippen molar-refractivity contribution in [1.82, 2.24) is 4.90 Å². The largest absolute Gasteiger partial charge is 0.495 e. The summed E-state index contributed by atoms with van der Waals surface area (Å²) in [6.45, 7) is 4.70. The van der Waals surface area contributed by atoms with Gasteiger partial charge < -0.3 is 24.8 Å². The Hall–Kier alpha value is -4.78. The first-order chi connectivity index (χ1) is 21.6. The highest BCUT2D eigenvalue weighted by Gasteiger charge is 2.28. The van der Waals surface area contributed by atoms with Crippen LogP contribution < -0.4 is 19.9 Å². The highest BCUT2D eigenvalue weighted by atomic mass is 16.5. The van der Waals surface area contributed by atoms with E-state index in [2.05, 4.69) is 21.2 Å². The number of methoxy groups -OCH3 is 1. The third-order valence-electron chi connectivity index (χ3n) is 8.71. The number of piperazine rings is 1. The van der Waals surface area contributed by atoms with Gasteiger partial charge in [0.25, 0.3) is 5.91 Å². The zero-order valence-electron chi connectivity index (χ0n) is 25.3. The van der Waals surface area contributed by atoms with Gasteiger partial charge in [-0.1, -0.05) is 72.8 Å². The fraction of sp³-hybridized carbons (Fsp3) is 0.297. The Bertz CT molecular complexity index is 1520. The van der Waals surface area contributed by atoms with E-state index < -0.39 is 5.92 Å². The number of piperidine rings is 1. The molecule has 4 aromatic rings. The van der Waals surface area contributed by atoms with Gasteiger partial charge in [0.2, 0.25) is 5.91 Å². The Kier molecular flexibility index (Phi) is 9.11. The molecule has 0 unspecified atom stereocenters. The highest BCUT2D eigenvalue weighted by Crippen LogP contribution is 2.33. The number of carbonyl (C=O) groups is 2. The average Bonchev–Trinajstić information content (AvgIpc) is 3.09. The van der Waals surface area contributed by atoms with E-state index in [9.17, 15) is 9.59 Å². The van der Waals surface area contributed by atoms with Crippen molar-refractivity contribution in [3.8, 4) is 5.75 Å². The molecule has 1 N–H and O–H groups in total. The van der Waals surface area contributed by atoms with Crippen molar-refractivity contribution in [2.45, 2.75) is 25.2 Å². The van der Waals surface area contributed by atoms with Crippen LogP contribution in [0.2, 0.25) is 0 Å². The number of hydrogen-bond acceptors (Lipinski definition) is 5. The van der Waals surface area contributed by atoms with Gasteiger partial charge in [-0.3, -0.25) is 9.59 Å². The summed E-state index contributed by atoms with van der Waals surface area (Å²) in [6.07, 6.45) is 3.19. The van der Waals surface area contributed by atoms with Gasteiger partial charge in [0.1, 0.15) is 5.75 Å². The van der Waals surface area contributed by atoms with Crippen molar-refractivity contribution in [2.24, 2.45) is 0 Å². The van der Waals surface area contributed by atoms with Crippen molar-refractivity contribution in [3.63, 3.8) is 0 Å². The minimum atomic E-state index is -0.471. The van der Waals surface area contributed by atoms with Crippen molar-refractivity contribution in [1.29, 1.82) is 0 Å². The summed E-state index contributed by atoms with van der Waals surface area (Å²) < 4.78 is 5.61. The lowest BCUT2D eigenvalue weighted by molar-refractivity contribution is -0.116. The first-order valence-corrected chi connectivity index (χ1v) is 15.6. The number of amides is 2. The van der Waals surface area contributed by atoms with Crippen LogP contribution in [0.1, 0.15) is 46.7 Å². The standard InChI is InChI=1S/C37H40N4O3/c1-44-34-18-10-9-17-33(34)40-25-23-39(24-26-40)32-20-19-30(27-31(32)37(43)41-21-11-4-12-22-41)38-36(42)35(28-13-5-2-6-14-28)29-15-7-3-8-16-29/h2-3,5-10,13-20,27,35H,4,11-12,21-26H2,1H3,(H,38,42). The number of benzene rings is 4. The molecule has 2 aliphatic rings. The molecule has 2 fully saturated rings. The van der Waals surface area contributed by atoms with E-state index in [0.29, 0.717) is 11.3 Å². The summed E-state index contributed by atoms with van der Waals surface area (Å²) in [4.78, 5) is 34.5. The Labute approximate surface area is 260 Å². The predicted octanol–water partition coefficient (Wildman–Crippen LogP) is 6.42. The summed E-state index contributed by atoms with van der Waals surface area (Å²) >= 11 is 0. The second-order valence-electron chi connectivity index (χ2n) is 11.5. The maximum atomic E-state index is 14.0. The van der Waals surface area contributed by atoms with Crippen molar-refractivity contribution in [3.05, 3.63) is 120 Å². The Morgan fingerprint density at radius 1 is 0.659 bits per heavy atom. The number of nitrogens with zero attached hydrogens (tertiary/aromatic N) is 3. The summed E-state index contributed by atoms with van der Waals surface area (Å²) in [7, 11) is 1.70. The molecule has 7 heteroatoms. The zero-order valence-corrected chi connectivity index (χ0v) is 25.3. The molecule has 0 spiro atoms. The minimum absolute atomic E-state index is 0.0330. The van der Waals surface area contributed by atoms with Crippen LogP contribution in [-0.4, -0.2) is 63.1 Å². The van der Waals surface area contributed by atoms with Gasteiger partial charge in [-0.2, -0.15) is 0 Å². The molecule has 2 amide bonds. The minimum Gasteiger partial charge on any atom is -0.495 e. The molecule has 2 saturated heterocycles. The van der Waals surface area contributed by atoms with Crippen LogP contribution in [0.15, 0.2) is 103 Å². The molecule has 7 nitrogen and oxygen atoms in total. The van der Waals surface area contributed by atoms with E-state index in [1.807, 2.05) is 102 Å². The number of carbonyl (C=O) groups excluding carboxylic acids is 2. The van der Waals surface area contributed by atoms with E-state index >= 15 is 0 Å². The third kappa shape index (κ3) is 6.42. The topological polar surface area (TPSA) is 65.1 Å². The molecule has 0 radical (unpaired) electrons. The molecule has 226 valence electrons. The van der Waals surface area contributed by atoms with E-state index in [1.165, 1.54) is 0 Å². The van der Waals surface area contributed by atoms with Gasteiger partial charge >= 0.3 is 0 Å². The summed E-state index contributed by atoms with van der Waals surface area (Å²) in [5.41, 5.74) is 5.12. The van der Waals surface area contributed by atoms with Gasteiger partial charge in [0, 0.05) is 50.6 Å². The smallest absolute Gasteiger partial charge is 0.256 e. The van der Waals surface area contributed by atoms with Crippen LogP contribution in [0.25, 0.3) is 0 Å². The van der Waals surface area contributed by atoms with Gasteiger partial charge in [-0.05, 0) is 60.7 Å². The Morgan fingerprint density at radius 3 is 1.84 bits per heavy atom. The summed E-state index contributed by atoms with van der Waals surface area (Å²) in [5, 5.41) is 3.16. The maximum absolute atomic E-state index is 14.0. The van der Waals surface area contributed by atoms with Gasteiger partial charge in [-0.25, -0.2) is 0 Å². The first-order valence-electron chi connectivity index (χ1n) is 15.6. The van der Waals surface area contributed by atoms with E-state index in [0.717, 1.165) is 86.8 Å². The van der Waals surface area contributed by atoms with E-state index in [4.69, 9.17) is 4.74 Å². The molecular formula is C37H40N4O3. The van der Waals surface area contributed by atoms with Crippen LogP contribution in [0, 0.1) is 0 Å². The van der Waals surface area contributed by atoms with Gasteiger partial charge in [-0.15, -0.1) is 0 Å². The number of nitrogens with one attached hydrogen (secondary N) is 1. The Morgan fingerprint density at radius 2 is 1.23 bits per heavy atom. The lowest BCUT2D eigenvalue weighted by atomic mass is 9.90. The lowest BCUT2D eigenvalue weighted by Crippen LogP contribution is -2.47. The molecule has 44 heavy (non-hydrogen) atoms. The van der Waals surface area contributed by atoms with Gasteiger partial charge in [0.05, 0.1) is 24.3 Å². The molecular weight excluding hydrogens is 548 g/mol. The van der Waals surface area contributed by atoms with Crippen LogP contribution in [0.3, 0.4) is 0 Å². The fourth-order valence-electron chi connectivity index (χ4n) is 6.41. The molecule has 0 atom stereocenters. The quantitative estimate of drug-likeness (QED) is 0.257. The fourth-order valence-corrected chi connectivity index (χ4v) is 6.41. The van der Waals surface area contributed by atoms with Crippen LogP contribution >= 0.6 is 0 Å². The van der Waals surface area contributed by atoms with Crippen LogP contribution in [0.5, 0.6) is 5.75 Å². The second kappa shape index (κ2) is 13.7. The molecule has 0 saturated carbocycles. The number of hydrogen-bond donors (Lipinski definition) is 1. The van der Waals surface area contributed by atoms with Crippen molar-refractivity contribution >= 4 is 28.9 Å². The van der Waals surface area contributed by atoms with Crippen LogP contribution in [0.4, 0.5) is 17.1 Å². The van der Waals surface area contributed by atoms with E-state index in [1.54, 1.807) is 7.11 Å². The number of ether oxygens (including phenoxy) is 1. The number of para-hydroxylation sites is 2. The predicted molar refractivity (Wildman–Crippen MR) is 177 cm³/mol. The second-order valence-corrected chi connectivity index (χ2v) is 11.5. The SMILES string of the molecule is COc1ccccc1N1CCN(c2ccc(NC(=O)C(c3ccccc3)c3ccccc3)cc2C(=O)N2CCCCC2)CC1. The zero-order chi connectivity index (χ0) is 30.3. The molecule has 6 rings (SSSR count). The normalized spacial score (nSPS) is 15.3. The molecule has 2 heterocycles. The lowest BCUT2D eigenvalue weighted by Gasteiger charge is -2.39. The molecule has 0 aromatic heterocycles.